The van der Waals surface area contributed by atoms with Crippen LogP contribution in [0.25, 0.3) is 23.1 Å². The Bertz CT molecular complexity index is 843. The van der Waals surface area contributed by atoms with Gasteiger partial charge in [-0.25, -0.2) is 13.8 Å². The third kappa shape index (κ3) is 2.74. The van der Waals surface area contributed by atoms with Crippen molar-refractivity contribution in [2.75, 3.05) is 0 Å². The van der Waals surface area contributed by atoms with E-state index in [1.54, 1.807) is 30.4 Å². The van der Waals surface area contributed by atoms with Gasteiger partial charge in [0, 0.05) is 5.39 Å². The van der Waals surface area contributed by atoms with Crippen LogP contribution in [0.5, 0.6) is 5.75 Å². The van der Waals surface area contributed by atoms with Gasteiger partial charge in [-0.2, -0.15) is 0 Å². The minimum Gasteiger partial charge on any atom is -0.506 e. The van der Waals surface area contributed by atoms with E-state index < -0.39 is 11.6 Å². The Morgan fingerprint density at radius 1 is 0.905 bits per heavy atom. The number of nitrogens with zero attached hydrogens (tertiary/aromatic N) is 1. The lowest BCUT2D eigenvalue weighted by molar-refractivity contribution is 0.480. The number of aromatic nitrogens is 1. The maximum Gasteiger partial charge on any atom is 0.159 e. The molecule has 1 N–H and O–H groups in total. The second-order valence-corrected chi connectivity index (χ2v) is 4.59. The molecule has 0 aliphatic heterocycles. The van der Waals surface area contributed by atoms with Crippen LogP contribution in [0, 0.1) is 11.6 Å². The Kier molecular flexibility index (Phi) is 3.36. The molecule has 0 aliphatic rings. The van der Waals surface area contributed by atoms with E-state index in [1.807, 2.05) is 12.1 Å². The molecule has 0 spiro atoms. The van der Waals surface area contributed by atoms with Gasteiger partial charge in [-0.3, -0.25) is 0 Å². The van der Waals surface area contributed by atoms with Crippen molar-refractivity contribution in [2.45, 2.75) is 0 Å². The van der Waals surface area contributed by atoms with E-state index in [4.69, 9.17) is 0 Å². The van der Waals surface area contributed by atoms with Crippen molar-refractivity contribution in [1.82, 2.24) is 4.98 Å². The average Bonchev–Trinajstić information content (AvgIpc) is 2.49. The number of halogens is 2. The van der Waals surface area contributed by atoms with Crippen molar-refractivity contribution in [3.8, 4) is 5.75 Å². The fourth-order valence-corrected chi connectivity index (χ4v) is 2.04. The molecular weight excluding hydrogens is 272 g/mol. The van der Waals surface area contributed by atoms with Crippen molar-refractivity contribution >= 4 is 23.1 Å². The van der Waals surface area contributed by atoms with Crippen LogP contribution in [-0.4, -0.2) is 10.1 Å². The molecule has 0 saturated heterocycles. The van der Waals surface area contributed by atoms with Gasteiger partial charge in [-0.15, -0.1) is 0 Å². The van der Waals surface area contributed by atoms with E-state index in [0.717, 1.165) is 17.5 Å². The first-order valence-electron chi connectivity index (χ1n) is 6.35. The molecule has 21 heavy (non-hydrogen) atoms. The summed E-state index contributed by atoms with van der Waals surface area (Å²) in [5, 5.41) is 10.6. The topological polar surface area (TPSA) is 33.1 Å². The van der Waals surface area contributed by atoms with Crippen molar-refractivity contribution < 1.29 is 13.9 Å². The number of rotatable bonds is 2. The molecule has 2 aromatic carbocycles. The smallest absolute Gasteiger partial charge is 0.159 e. The minimum atomic E-state index is -0.888. The minimum absolute atomic E-state index is 0.107. The van der Waals surface area contributed by atoms with Gasteiger partial charge in [0.05, 0.1) is 5.69 Å². The summed E-state index contributed by atoms with van der Waals surface area (Å²) in [6.07, 6.45) is 3.31. The highest BCUT2D eigenvalue weighted by Gasteiger charge is 2.02. The molecular formula is C17H11F2NO. The summed E-state index contributed by atoms with van der Waals surface area (Å²) in [5.41, 5.74) is 1.66. The van der Waals surface area contributed by atoms with E-state index in [9.17, 15) is 13.9 Å². The zero-order chi connectivity index (χ0) is 14.8. The molecule has 1 aromatic heterocycles. The molecule has 3 aromatic rings. The molecule has 0 unspecified atom stereocenters. The zero-order valence-electron chi connectivity index (χ0n) is 10.9. The Morgan fingerprint density at radius 3 is 2.57 bits per heavy atom. The van der Waals surface area contributed by atoms with E-state index in [0.29, 0.717) is 16.8 Å². The Labute approximate surface area is 120 Å². The quantitative estimate of drug-likeness (QED) is 0.756. The molecule has 0 bridgehead atoms. The number of para-hydroxylation sites is 1. The van der Waals surface area contributed by atoms with Crippen molar-refractivity contribution in [2.24, 2.45) is 0 Å². The first kappa shape index (κ1) is 13.2. The van der Waals surface area contributed by atoms with Crippen LogP contribution >= 0.6 is 0 Å². The van der Waals surface area contributed by atoms with Crippen LogP contribution < -0.4 is 0 Å². The molecule has 0 amide bonds. The Hall–Kier alpha value is -2.75. The van der Waals surface area contributed by atoms with Crippen LogP contribution in [0.1, 0.15) is 11.3 Å². The molecule has 2 nitrogen and oxygen atoms in total. The van der Waals surface area contributed by atoms with Gasteiger partial charge in [0.1, 0.15) is 11.3 Å². The van der Waals surface area contributed by atoms with E-state index >= 15 is 0 Å². The highest BCUT2D eigenvalue weighted by atomic mass is 19.2. The SMILES string of the molecule is Oc1cccc2ccc(C=Cc3ccc(F)c(F)c3)nc12. The monoisotopic (exact) mass is 283 g/mol. The van der Waals surface area contributed by atoms with Crippen LogP contribution in [0.15, 0.2) is 48.5 Å². The second kappa shape index (κ2) is 5.32. The number of hydrogen-bond acceptors (Lipinski definition) is 2. The van der Waals surface area contributed by atoms with Crippen molar-refractivity contribution in [1.29, 1.82) is 0 Å². The van der Waals surface area contributed by atoms with E-state index in [2.05, 4.69) is 4.98 Å². The highest BCUT2D eigenvalue weighted by molar-refractivity contribution is 5.85. The normalized spacial score (nSPS) is 11.3. The van der Waals surface area contributed by atoms with Crippen LogP contribution in [0.3, 0.4) is 0 Å². The van der Waals surface area contributed by atoms with Crippen molar-refractivity contribution in [3.63, 3.8) is 0 Å². The first-order chi connectivity index (χ1) is 10.1. The second-order valence-electron chi connectivity index (χ2n) is 4.59. The summed E-state index contributed by atoms with van der Waals surface area (Å²) < 4.78 is 26.0. The number of aromatic hydroxyl groups is 1. The molecule has 3 rings (SSSR count). The molecule has 0 radical (unpaired) electrons. The molecule has 4 heteroatoms. The van der Waals surface area contributed by atoms with Gasteiger partial charge < -0.3 is 5.11 Å². The third-order valence-corrected chi connectivity index (χ3v) is 3.11. The maximum atomic E-state index is 13.1. The fraction of sp³-hybridized carbons (Fsp3) is 0. The van der Waals surface area contributed by atoms with Gasteiger partial charge in [0.25, 0.3) is 0 Å². The number of benzene rings is 2. The summed E-state index contributed by atoms with van der Waals surface area (Å²) >= 11 is 0. The molecule has 104 valence electrons. The fourth-order valence-electron chi connectivity index (χ4n) is 2.04. The lowest BCUT2D eigenvalue weighted by Gasteiger charge is -2.01. The number of phenolic OH excluding ortho intramolecular Hbond substituents is 1. The maximum absolute atomic E-state index is 13.1. The molecule has 0 saturated carbocycles. The van der Waals surface area contributed by atoms with Gasteiger partial charge in [0.2, 0.25) is 0 Å². The predicted octanol–water partition coefficient (Wildman–Crippen LogP) is 4.39. The van der Waals surface area contributed by atoms with Crippen LogP contribution in [0.2, 0.25) is 0 Å². The summed E-state index contributed by atoms with van der Waals surface area (Å²) in [7, 11) is 0. The largest absolute Gasteiger partial charge is 0.506 e. The van der Waals surface area contributed by atoms with Crippen LogP contribution in [-0.2, 0) is 0 Å². The lowest BCUT2D eigenvalue weighted by Crippen LogP contribution is -1.85. The summed E-state index contributed by atoms with van der Waals surface area (Å²) in [5.74, 6) is -1.65. The van der Waals surface area contributed by atoms with E-state index in [-0.39, 0.29) is 5.75 Å². The van der Waals surface area contributed by atoms with E-state index in [1.165, 1.54) is 6.07 Å². The molecule has 1 heterocycles. The Balaban J connectivity index is 1.95. The number of phenols is 1. The summed E-state index contributed by atoms with van der Waals surface area (Å²) in [6.45, 7) is 0. The van der Waals surface area contributed by atoms with Crippen LogP contribution in [0.4, 0.5) is 8.78 Å². The highest BCUT2D eigenvalue weighted by Crippen LogP contribution is 2.23. The summed E-state index contributed by atoms with van der Waals surface area (Å²) in [6, 6.07) is 12.5. The molecule has 0 aliphatic carbocycles. The number of hydrogen-bond donors (Lipinski definition) is 1. The lowest BCUT2D eigenvalue weighted by atomic mass is 10.1. The van der Waals surface area contributed by atoms with Gasteiger partial charge in [0.15, 0.2) is 11.6 Å². The van der Waals surface area contributed by atoms with Gasteiger partial charge in [-0.05, 0) is 35.9 Å². The summed E-state index contributed by atoms with van der Waals surface area (Å²) in [4.78, 5) is 4.33. The third-order valence-electron chi connectivity index (χ3n) is 3.11. The average molecular weight is 283 g/mol. The van der Waals surface area contributed by atoms with Gasteiger partial charge >= 0.3 is 0 Å². The zero-order valence-corrected chi connectivity index (χ0v) is 10.9. The molecule has 0 atom stereocenters. The number of pyridine rings is 1. The Morgan fingerprint density at radius 2 is 1.76 bits per heavy atom. The predicted molar refractivity (Wildman–Crippen MR) is 78.7 cm³/mol. The van der Waals surface area contributed by atoms with Gasteiger partial charge in [-0.1, -0.05) is 30.3 Å². The molecule has 0 fully saturated rings. The standard InChI is InChI=1S/C17H11F2NO/c18-14-9-5-11(10-15(14)19)4-7-13-8-6-12-2-1-3-16(21)17(12)20-13/h1-10,21H. The van der Waals surface area contributed by atoms with Crippen molar-refractivity contribution in [3.05, 3.63) is 71.4 Å². The number of fused-ring (bicyclic) bond motifs is 1. The first-order valence-corrected chi connectivity index (χ1v) is 6.35.